The number of nitrogens with zero attached hydrogens (tertiary/aromatic N) is 3. The van der Waals surface area contributed by atoms with Crippen LogP contribution in [0.2, 0.25) is 5.02 Å². The van der Waals surface area contributed by atoms with Crippen LogP contribution in [0.3, 0.4) is 0 Å². The summed E-state index contributed by atoms with van der Waals surface area (Å²) in [5.74, 6) is 2.09. The van der Waals surface area contributed by atoms with Gasteiger partial charge in [-0.3, -0.25) is 9.36 Å². The Bertz CT molecular complexity index is 1060. The van der Waals surface area contributed by atoms with Crippen LogP contribution in [-0.4, -0.2) is 33.0 Å². The third kappa shape index (κ3) is 6.51. The number of rotatable bonds is 11. The Morgan fingerprint density at radius 3 is 2.72 bits per heavy atom. The van der Waals surface area contributed by atoms with Crippen LogP contribution in [0.5, 0.6) is 11.5 Å². The van der Waals surface area contributed by atoms with Crippen LogP contribution in [0.25, 0.3) is 0 Å². The highest BCUT2D eigenvalue weighted by atomic mass is 35.5. The van der Waals surface area contributed by atoms with Crippen LogP contribution in [0.15, 0.2) is 66.3 Å². The number of carbonyl (C=O) groups is 1. The van der Waals surface area contributed by atoms with Gasteiger partial charge in [0.2, 0.25) is 5.91 Å². The lowest BCUT2D eigenvalue weighted by molar-refractivity contribution is -0.113. The van der Waals surface area contributed by atoms with Crippen LogP contribution < -0.4 is 14.8 Å². The van der Waals surface area contributed by atoms with Gasteiger partial charge < -0.3 is 14.8 Å². The molecule has 3 aromatic rings. The number of thioether (sulfide) groups is 1. The van der Waals surface area contributed by atoms with Gasteiger partial charge in [0.05, 0.1) is 12.4 Å². The standard InChI is InChI=1S/C23H25ClN4O3S/c1-4-13-28-22(16(3)31-20-8-6-7-17(24)14-20)26-27-23(28)32-15-21(29)25-18-9-11-19(12-10-18)30-5-2/h4,6-12,14,16H,1,5,13,15H2,2-3H3,(H,25,29). The zero-order valence-corrected chi connectivity index (χ0v) is 19.5. The van der Waals surface area contributed by atoms with E-state index < -0.39 is 0 Å². The first-order chi connectivity index (χ1) is 15.5. The molecule has 0 aliphatic heterocycles. The second-order valence-corrected chi connectivity index (χ2v) is 8.13. The van der Waals surface area contributed by atoms with Crippen LogP contribution in [0.1, 0.15) is 25.8 Å². The van der Waals surface area contributed by atoms with E-state index in [1.54, 1.807) is 30.3 Å². The van der Waals surface area contributed by atoms with Crippen molar-refractivity contribution in [2.75, 3.05) is 17.7 Å². The zero-order valence-electron chi connectivity index (χ0n) is 18.0. The number of hydrogen-bond donors (Lipinski definition) is 1. The number of hydrogen-bond acceptors (Lipinski definition) is 6. The molecule has 2 aromatic carbocycles. The molecule has 0 saturated carbocycles. The molecule has 0 saturated heterocycles. The quantitative estimate of drug-likeness (QED) is 0.298. The summed E-state index contributed by atoms with van der Waals surface area (Å²) in [6.07, 6.45) is 1.39. The number of halogens is 1. The largest absolute Gasteiger partial charge is 0.494 e. The SMILES string of the molecule is C=CCn1c(SCC(=O)Nc2ccc(OCC)cc2)nnc1C(C)Oc1cccc(Cl)c1. The first-order valence-corrected chi connectivity index (χ1v) is 11.5. The molecule has 0 aliphatic carbocycles. The summed E-state index contributed by atoms with van der Waals surface area (Å²) in [5, 5.41) is 12.6. The van der Waals surface area contributed by atoms with Crippen molar-refractivity contribution >= 4 is 35.0 Å². The fourth-order valence-electron chi connectivity index (χ4n) is 2.93. The van der Waals surface area contributed by atoms with Gasteiger partial charge in [0.25, 0.3) is 0 Å². The minimum Gasteiger partial charge on any atom is -0.494 e. The van der Waals surface area contributed by atoms with Crippen molar-refractivity contribution in [2.24, 2.45) is 0 Å². The number of amides is 1. The zero-order chi connectivity index (χ0) is 22.9. The Balaban J connectivity index is 1.62. The molecule has 168 valence electrons. The molecule has 0 radical (unpaired) electrons. The molecule has 1 heterocycles. The van der Waals surface area contributed by atoms with Crippen molar-refractivity contribution in [2.45, 2.75) is 31.7 Å². The number of benzene rings is 2. The van der Waals surface area contributed by atoms with Crippen molar-refractivity contribution in [3.8, 4) is 11.5 Å². The van der Waals surface area contributed by atoms with Gasteiger partial charge in [-0.15, -0.1) is 16.8 Å². The number of allylic oxidation sites excluding steroid dienone is 1. The van der Waals surface area contributed by atoms with E-state index >= 15 is 0 Å². The van der Waals surface area contributed by atoms with Crippen LogP contribution >= 0.6 is 23.4 Å². The van der Waals surface area contributed by atoms with Crippen molar-refractivity contribution in [1.82, 2.24) is 14.8 Å². The number of aromatic nitrogens is 3. The van der Waals surface area contributed by atoms with Crippen LogP contribution in [0, 0.1) is 0 Å². The second kappa shape index (κ2) is 11.6. The van der Waals surface area contributed by atoms with E-state index in [2.05, 4.69) is 22.1 Å². The van der Waals surface area contributed by atoms with Crippen molar-refractivity contribution in [3.05, 3.63) is 72.0 Å². The van der Waals surface area contributed by atoms with Gasteiger partial charge in [0.15, 0.2) is 17.1 Å². The van der Waals surface area contributed by atoms with E-state index in [0.29, 0.717) is 40.6 Å². The van der Waals surface area contributed by atoms with E-state index in [0.717, 1.165) is 5.75 Å². The maximum Gasteiger partial charge on any atom is 0.234 e. The molecule has 1 atom stereocenters. The smallest absolute Gasteiger partial charge is 0.234 e. The second-order valence-electron chi connectivity index (χ2n) is 6.75. The molecule has 3 rings (SSSR count). The lowest BCUT2D eigenvalue weighted by Gasteiger charge is -2.16. The Hall–Kier alpha value is -2.97. The van der Waals surface area contributed by atoms with Gasteiger partial charge in [0, 0.05) is 17.3 Å². The van der Waals surface area contributed by atoms with Gasteiger partial charge in [-0.1, -0.05) is 35.5 Å². The molecule has 0 fully saturated rings. The van der Waals surface area contributed by atoms with Gasteiger partial charge in [-0.25, -0.2) is 0 Å². The number of ether oxygens (including phenoxy) is 2. The molecule has 9 heteroatoms. The summed E-state index contributed by atoms with van der Waals surface area (Å²) in [7, 11) is 0. The molecule has 0 spiro atoms. The summed E-state index contributed by atoms with van der Waals surface area (Å²) in [4.78, 5) is 12.4. The first kappa shape index (κ1) is 23.7. The molecule has 1 N–H and O–H groups in total. The van der Waals surface area contributed by atoms with Crippen molar-refractivity contribution < 1.29 is 14.3 Å². The number of nitrogens with one attached hydrogen (secondary N) is 1. The highest BCUT2D eigenvalue weighted by Gasteiger charge is 2.20. The van der Waals surface area contributed by atoms with Gasteiger partial charge >= 0.3 is 0 Å². The predicted molar refractivity (Wildman–Crippen MR) is 128 cm³/mol. The Labute approximate surface area is 196 Å². The molecule has 1 aromatic heterocycles. The van der Waals surface area contributed by atoms with E-state index in [1.165, 1.54) is 11.8 Å². The monoisotopic (exact) mass is 472 g/mol. The molecule has 0 bridgehead atoms. The Morgan fingerprint density at radius 1 is 1.25 bits per heavy atom. The molecule has 1 amide bonds. The fraction of sp³-hybridized carbons (Fsp3) is 0.261. The van der Waals surface area contributed by atoms with Gasteiger partial charge in [-0.2, -0.15) is 0 Å². The maximum atomic E-state index is 12.4. The van der Waals surface area contributed by atoms with E-state index in [1.807, 2.05) is 42.7 Å². The third-order valence-corrected chi connectivity index (χ3v) is 5.51. The molecular weight excluding hydrogens is 448 g/mol. The lowest BCUT2D eigenvalue weighted by atomic mass is 10.3. The summed E-state index contributed by atoms with van der Waals surface area (Å²) in [6, 6.07) is 14.4. The minimum atomic E-state index is -0.368. The molecule has 7 nitrogen and oxygen atoms in total. The minimum absolute atomic E-state index is 0.142. The Morgan fingerprint density at radius 2 is 2.03 bits per heavy atom. The van der Waals surface area contributed by atoms with E-state index in [9.17, 15) is 4.79 Å². The number of anilines is 1. The van der Waals surface area contributed by atoms with Gasteiger partial charge in [-0.05, 0) is 56.3 Å². The summed E-state index contributed by atoms with van der Waals surface area (Å²) in [6.45, 7) is 8.71. The highest BCUT2D eigenvalue weighted by Crippen LogP contribution is 2.26. The highest BCUT2D eigenvalue weighted by molar-refractivity contribution is 7.99. The molecular formula is C23H25ClN4O3S. The Kier molecular flexibility index (Phi) is 8.58. The summed E-state index contributed by atoms with van der Waals surface area (Å²) >= 11 is 7.34. The summed E-state index contributed by atoms with van der Waals surface area (Å²) in [5.41, 5.74) is 0.704. The van der Waals surface area contributed by atoms with Crippen molar-refractivity contribution in [3.63, 3.8) is 0 Å². The fourth-order valence-corrected chi connectivity index (χ4v) is 3.87. The average molecular weight is 473 g/mol. The van der Waals surface area contributed by atoms with E-state index in [-0.39, 0.29) is 17.8 Å². The lowest BCUT2D eigenvalue weighted by Crippen LogP contribution is -2.15. The molecule has 1 unspecified atom stereocenters. The maximum absolute atomic E-state index is 12.4. The normalized spacial score (nSPS) is 11.6. The number of carbonyl (C=O) groups excluding carboxylic acids is 1. The van der Waals surface area contributed by atoms with Crippen LogP contribution in [-0.2, 0) is 11.3 Å². The average Bonchev–Trinajstić information content (AvgIpc) is 3.17. The van der Waals surface area contributed by atoms with Crippen molar-refractivity contribution in [1.29, 1.82) is 0 Å². The van der Waals surface area contributed by atoms with Gasteiger partial charge in [0.1, 0.15) is 11.5 Å². The topological polar surface area (TPSA) is 78.3 Å². The predicted octanol–water partition coefficient (Wildman–Crippen LogP) is 5.39. The van der Waals surface area contributed by atoms with E-state index in [4.69, 9.17) is 21.1 Å². The molecule has 0 aliphatic rings. The summed E-state index contributed by atoms with van der Waals surface area (Å²) < 4.78 is 13.3. The third-order valence-electron chi connectivity index (χ3n) is 4.31. The first-order valence-electron chi connectivity index (χ1n) is 10.1. The van der Waals surface area contributed by atoms with Crippen LogP contribution in [0.4, 0.5) is 5.69 Å². The molecule has 32 heavy (non-hydrogen) atoms.